The van der Waals surface area contributed by atoms with Gasteiger partial charge in [0.05, 0.1) is 44.0 Å². The van der Waals surface area contributed by atoms with Crippen molar-refractivity contribution in [1.29, 1.82) is 0 Å². The fraction of sp³-hybridized carbons (Fsp3) is 0.400. The maximum absolute atomic E-state index is 6.08. The van der Waals surface area contributed by atoms with Crippen molar-refractivity contribution in [3.05, 3.63) is 42.5 Å². The van der Waals surface area contributed by atoms with Crippen molar-refractivity contribution >= 4 is 21.9 Å². The summed E-state index contributed by atoms with van der Waals surface area (Å²) in [6.45, 7) is 7.74. The van der Waals surface area contributed by atoms with Crippen LogP contribution in [0.15, 0.2) is 36.8 Å². The van der Waals surface area contributed by atoms with Gasteiger partial charge in [0.2, 0.25) is 5.88 Å². The van der Waals surface area contributed by atoms with Gasteiger partial charge in [0.25, 0.3) is 0 Å². The minimum absolute atomic E-state index is 0.440. The summed E-state index contributed by atoms with van der Waals surface area (Å²) in [7, 11) is 1.63. The van der Waals surface area contributed by atoms with Crippen LogP contribution in [0.5, 0.6) is 23.1 Å². The molecule has 0 aliphatic carbocycles. The van der Waals surface area contributed by atoms with Crippen LogP contribution in [0.25, 0.3) is 21.9 Å². The Bertz CT molecular complexity index is 1340. The topological polar surface area (TPSA) is 94.6 Å². The third kappa shape index (κ3) is 3.91. The molecule has 1 N–H and O–H groups in total. The molecule has 1 aromatic carbocycles. The number of hydrogen-bond donors (Lipinski definition) is 1. The van der Waals surface area contributed by atoms with Crippen molar-refractivity contribution in [3.8, 4) is 23.1 Å². The first-order valence-corrected chi connectivity index (χ1v) is 11.5. The Hall–Kier alpha value is -3.43. The van der Waals surface area contributed by atoms with Crippen molar-refractivity contribution in [2.75, 3.05) is 46.6 Å². The molecular weight excluding hydrogens is 434 g/mol. The van der Waals surface area contributed by atoms with Crippen LogP contribution in [-0.2, 0) is 4.74 Å². The van der Waals surface area contributed by atoms with Gasteiger partial charge < -0.3 is 28.8 Å². The van der Waals surface area contributed by atoms with Crippen LogP contribution in [0.2, 0.25) is 0 Å². The normalized spacial score (nSPS) is 17.0. The molecule has 2 aliphatic heterocycles. The number of likely N-dealkylation sites (tertiary alicyclic amines) is 1. The molecule has 9 heteroatoms. The van der Waals surface area contributed by atoms with Gasteiger partial charge in [-0.1, -0.05) is 0 Å². The van der Waals surface area contributed by atoms with Gasteiger partial charge in [0.15, 0.2) is 11.5 Å². The summed E-state index contributed by atoms with van der Waals surface area (Å²) in [5, 5.41) is 1.72. The minimum Gasteiger partial charge on any atom is -0.493 e. The predicted molar refractivity (Wildman–Crippen MR) is 127 cm³/mol. The van der Waals surface area contributed by atoms with E-state index in [2.05, 4.69) is 24.8 Å². The Kier molecular flexibility index (Phi) is 5.23. The number of pyridine rings is 1. The van der Waals surface area contributed by atoms with E-state index in [4.69, 9.17) is 18.9 Å². The van der Waals surface area contributed by atoms with Crippen molar-refractivity contribution in [3.63, 3.8) is 0 Å². The quantitative estimate of drug-likeness (QED) is 0.397. The summed E-state index contributed by atoms with van der Waals surface area (Å²) in [6, 6.07) is 7.71. The number of nitrogens with zero attached hydrogens (tertiary/aromatic N) is 4. The summed E-state index contributed by atoms with van der Waals surface area (Å²) in [5.41, 5.74) is 3.05. The lowest BCUT2D eigenvalue weighted by molar-refractivity contribution is -0.189. The SMILES string of the molecule is COc1cc2c(Oc3cnc4[nH]c(C)cc4c3)ncnc2cc1OCCCN1CC2(COC2)C1. The lowest BCUT2D eigenvalue weighted by Gasteiger charge is -2.55. The first kappa shape index (κ1) is 21.1. The van der Waals surface area contributed by atoms with Gasteiger partial charge in [-0.2, -0.15) is 0 Å². The van der Waals surface area contributed by atoms with Gasteiger partial charge in [-0.05, 0) is 31.5 Å². The van der Waals surface area contributed by atoms with Gasteiger partial charge in [0.1, 0.15) is 17.7 Å². The number of methoxy groups -OCH3 is 1. The second kappa shape index (κ2) is 8.41. The average Bonchev–Trinajstić information content (AvgIpc) is 3.15. The smallest absolute Gasteiger partial charge is 0.230 e. The number of ether oxygens (including phenoxy) is 4. The molecule has 176 valence electrons. The summed E-state index contributed by atoms with van der Waals surface area (Å²) in [6.07, 6.45) is 4.12. The van der Waals surface area contributed by atoms with Crippen LogP contribution in [0.1, 0.15) is 12.1 Å². The van der Waals surface area contributed by atoms with Crippen molar-refractivity contribution in [2.45, 2.75) is 13.3 Å². The first-order chi connectivity index (χ1) is 16.6. The Balaban J connectivity index is 1.15. The second-order valence-electron chi connectivity index (χ2n) is 9.27. The molecule has 34 heavy (non-hydrogen) atoms. The number of aromatic amines is 1. The van der Waals surface area contributed by atoms with Gasteiger partial charge in [-0.25, -0.2) is 15.0 Å². The Labute approximate surface area is 197 Å². The molecule has 5 heterocycles. The van der Waals surface area contributed by atoms with Crippen LogP contribution in [0.4, 0.5) is 0 Å². The highest BCUT2D eigenvalue weighted by atomic mass is 16.5. The van der Waals surface area contributed by atoms with E-state index in [0.717, 1.165) is 66.9 Å². The molecular formula is C25H27N5O4. The number of aromatic nitrogens is 4. The molecule has 2 saturated heterocycles. The number of hydrogen-bond acceptors (Lipinski definition) is 8. The Morgan fingerprint density at radius 3 is 2.76 bits per heavy atom. The molecule has 3 aromatic heterocycles. The van der Waals surface area contributed by atoms with Crippen LogP contribution >= 0.6 is 0 Å². The molecule has 0 amide bonds. The van der Waals surface area contributed by atoms with Crippen LogP contribution in [0.3, 0.4) is 0 Å². The first-order valence-electron chi connectivity index (χ1n) is 11.5. The van der Waals surface area contributed by atoms with Crippen LogP contribution < -0.4 is 14.2 Å². The Morgan fingerprint density at radius 2 is 1.97 bits per heavy atom. The summed E-state index contributed by atoms with van der Waals surface area (Å²) in [4.78, 5) is 18.9. The predicted octanol–water partition coefficient (Wildman–Crippen LogP) is 3.72. The van der Waals surface area contributed by atoms with E-state index in [-0.39, 0.29) is 0 Å². The summed E-state index contributed by atoms with van der Waals surface area (Å²) < 4.78 is 23.1. The summed E-state index contributed by atoms with van der Waals surface area (Å²) in [5.74, 6) is 2.33. The van der Waals surface area contributed by atoms with Crippen LogP contribution in [0, 0.1) is 12.3 Å². The molecule has 0 bridgehead atoms. The van der Waals surface area contributed by atoms with Crippen LogP contribution in [-0.4, -0.2) is 71.4 Å². The average molecular weight is 462 g/mol. The lowest BCUT2D eigenvalue weighted by Crippen LogP contribution is -2.65. The highest BCUT2D eigenvalue weighted by Gasteiger charge is 2.48. The van der Waals surface area contributed by atoms with E-state index in [1.807, 2.05) is 31.2 Å². The largest absolute Gasteiger partial charge is 0.493 e. The van der Waals surface area contributed by atoms with E-state index >= 15 is 0 Å². The third-order valence-electron chi connectivity index (χ3n) is 6.49. The Morgan fingerprint density at radius 1 is 1.09 bits per heavy atom. The number of benzene rings is 1. The maximum Gasteiger partial charge on any atom is 0.230 e. The van der Waals surface area contributed by atoms with Gasteiger partial charge in [-0.3, -0.25) is 0 Å². The van der Waals surface area contributed by atoms with Crippen molar-refractivity contribution < 1.29 is 18.9 Å². The fourth-order valence-electron chi connectivity index (χ4n) is 4.80. The number of nitrogens with one attached hydrogen (secondary N) is 1. The zero-order chi connectivity index (χ0) is 23.1. The second-order valence-corrected chi connectivity index (χ2v) is 9.27. The molecule has 6 rings (SSSR count). The molecule has 2 fully saturated rings. The van der Waals surface area contributed by atoms with Crippen molar-refractivity contribution in [1.82, 2.24) is 24.8 Å². The van der Waals surface area contributed by atoms with E-state index < -0.39 is 0 Å². The van der Waals surface area contributed by atoms with E-state index in [1.54, 1.807) is 13.3 Å². The number of H-pyrrole nitrogens is 1. The monoisotopic (exact) mass is 461 g/mol. The minimum atomic E-state index is 0.440. The molecule has 0 radical (unpaired) electrons. The standard InChI is InChI=1S/C25H27N5O4/c1-16-6-17-7-18(10-26-23(17)29-16)34-24-19-8-21(31-2)22(9-20(19)27-15-28-24)33-5-3-4-30-11-25(12-30)13-32-14-25/h6-10,15H,3-5,11-14H2,1-2H3,(H,26,29). The lowest BCUT2D eigenvalue weighted by atomic mass is 9.78. The number of fused-ring (bicyclic) bond motifs is 2. The van der Waals surface area contributed by atoms with Gasteiger partial charge in [0, 0.05) is 42.2 Å². The zero-order valence-electron chi connectivity index (χ0n) is 19.3. The van der Waals surface area contributed by atoms with E-state index in [0.29, 0.717) is 35.2 Å². The third-order valence-corrected chi connectivity index (χ3v) is 6.49. The molecule has 0 unspecified atom stereocenters. The highest BCUT2D eigenvalue weighted by Crippen LogP contribution is 2.38. The molecule has 1 spiro atoms. The van der Waals surface area contributed by atoms with E-state index in [1.165, 1.54) is 6.33 Å². The number of rotatable bonds is 8. The zero-order valence-corrected chi connectivity index (χ0v) is 19.3. The number of aryl methyl sites for hydroxylation is 1. The molecule has 4 aromatic rings. The van der Waals surface area contributed by atoms with Gasteiger partial charge in [-0.15, -0.1) is 0 Å². The van der Waals surface area contributed by atoms with Crippen molar-refractivity contribution in [2.24, 2.45) is 5.41 Å². The molecule has 0 atom stereocenters. The summed E-state index contributed by atoms with van der Waals surface area (Å²) >= 11 is 0. The highest BCUT2D eigenvalue weighted by molar-refractivity contribution is 5.87. The maximum atomic E-state index is 6.08. The van der Waals surface area contributed by atoms with Gasteiger partial charge >= 0.3 is 0 Å². The molecule has 0 saturated carbocycles. The molecule has 9 nitrogen and oxygen atoms in total. The molecule has 2 aliphatic rings. The van der Waals surface area contributed by atoms with E-state index in [9.17, 15) is 0 Å². The fourth-order valence-corrected chi connectivity index (χ4v) is 4.80.